The van der Waals surface area contributed by atoms with Gasteiger partial charge in [0.1, 0.15) is 5.25 Å². The normalized spacial score (nSPS) is 12.1. The highest BCUT2D eigenvalue weighted by Crippen LogP contribution is 2.35. The predicted octanol–water partition coefficient (Wildman–Crippen LogP) is 5.16. The van der Waals surface area contributed by atoms with E-state index >= 15 is 0 Å². The molecule has 0 saturated heterocycles. The maximum Gasteiger partial charge on any atom is 0.242 e. The molecule has 140 valence electrons. The first-order valence-electron chi connectivity index (χ1n) is 8.70. The SMILES string of the molecule is Cc1ccc(NC(=O)C(Sc2nnc3ccccn23)c2ccccc2)cc1Cl. The van der Waals surface area contributed by atoms with Gasteiger partial charge in [0.05, 0.1) is 0 Å². The smallest absolute Gasteiger partial charge is 0.242 e. The Balaban J connectivity index is 1.65. The number of carbonyl (C=O) groups is 1. The summed E-state index contributed by atoms with van der Waals surface area (Å²) in [5.41, 5.74) is 3.25. The molecular weight excluding hydrogens is 392 g/mol. The number of nitrogens with zero attached hydrogens (tertiary/aromatic N) is 3. The zero-order valence-electron chi connectivity index (χ0n) is 15.0. The molecule has 4 rings (SSSR count). The van der Waals surface area contributed by atoms with Gasteiger partial charge in [0, 0.05) is 16.9 Å². The summed E-state index contributed by atoms with van der Waals surface area (Å²) in [5.74, 6) is -0.149. The van der Waals surface area contributed by atoms with E-state index in [-0.39, 0.29) is 5.91 Å². The monoisotopic (exact) mass is 408 g/mol. The lowest BCUT2D eigenvalue weighted by Gasteiger charge is -2.16. The van der Waals surface area contributed by atoms with Gasteiger partial charge in [0.15, 0.2) is 10.8 Å². The van der Waals surface area contributed by atoms with Gasteiger partial charge in [-0.3, -0.25) is 9.20 Å². The molecule has 1 atom stereocenters. The number of hydrogen-bond donors (Lipinski definition) is 1. The van der Waals surface area contributed by atoms with Crippen molar-refractivity contribution in [3.63, 3.8) is 0 Å². The van der Waals surface area contributed by atoms with Crippen molar-refractivity contribution < 1.29 is 4.79 Å². The van der Waals surface area contributed by atoms with E-state index < -0.39 is 5.25 Å². The van der Waals surface area contributed by atoms with Crippen molar-refractivity contribution in [3.05, 3.63) is 89.1 Å². The van der Waals surface area contributed by atoms with Crippen LogP contribution in [0.4, 0.5) is 5.69 Å². The number of nitrogens with one attached hydrogen (secondary N) is 1. The van der Waals surface area contributed by atoms with Crippen LogP contribution >= 0.6 is 23.4 Å². The Morgan fingerprint density at radius 1 is 1.07 bits per heavy atom. The third-order valence-electron chi connectivity index (χ3n) is 4.29. The van der Waals surface area contributed by atoms with Gasteiger partial charge in [-0.2, -0.15) is 0 Å². The number of benzene rings is 2. The second-order valence-corrected chi connectivity index (χ2v) is 7.75. The largest absolute Gasteiger partial charge is 0.325 e. The fourth-order valence-corrected chi connectivity index (χ4v) is 3.99. The molecule has 0 bridgehead atoms. The molecule has 28 heavy (non-hydrogen) atoms. The number of halogens is 1. The van der Waals surface area contributed by atoms with Gasteiger partial charge in [-0.05, 0) is 42.3 Å². The molecule has 0 aliphatic carbocycles. The molecule has 4 aromatic rings. The standard InChI is InChI=1S/C21H17ClN4OS/c1-14-10-11-16(13-17(14)22)23-20(27)19(15-7-3-2-4-8-15)28-21-25-24-18-9-5-6-12-26(18)21/h2-13,19H,1H3,(H,23,27). The fourth-order valence-electron chi connectivity index (χ4n) is 2.78. The molecule has 2 heterocycles. The molecule has 1 unspecified atom stereocenters. The van der Waals surface area contributed by atoms with E-state index in [4.69, 9.17) is 11.6 Å². The summed E-state index contributed by atoms with van der Waals surface area (Å²) in [6.07, 6.45) is 1.89. The maximum atomic E-state index is 13.1. The van der Waals surface area contributed by atoms with Crippen molar-refractivity contribution in [3.8, 4) is 0 Å². The summed E-state index contributed by atoms with van der Waals surface area (Å²) in [4.78, 5) is 13.1. The van der Waals surface area contributed by atoms with Crippen molar-refractivity contribution in [2.45, 2.75) is 17.3 Å². The summed E-state index contributed by atoms with van der Waals surface area (Å²) in [6.45, 7) is 1.92. The van der Waals surface area contributed by atoms with E-state index in [1.807, 2.05) is 78.2 Å². The summed E-state index contributed by atoms with van der Waals surface area (Å²) < 4.78 is 1.87. The van der Waals surface area contributed by atoms with E-state index in [1.165, 1.54) is 11.8 Å². The summed E-state index contributed by atoms with van der Waals surface area (Å²) in [7, 11) is 0. The lowest BCUT2D eigenvalue weighted by atomic mass is 10.1. The number of fused-ring (bicyclic) bond motifs is 1. The van der Waals surface area contributed by atoms with Crippen LogP contribution in [0.2, 0.25) is 5.02 Å². The quantitative estimate of drug-likeness (QED) is 0.463. The Labute approximate surface area is 171 Å². The molecule has 0 spiro atoms. The number of carbonyl (C=O) groups excluding carboxylic acids is 1. The lowest BCUT2D eigenvalue weighted by molar-refractivity contribution is -0.115. The molecule has 0 aliphatic heterocycles. The molecule has 5 nitrogen and oxygen atoms in total. The summed E-state index contributed by atoms with van der Waals surface area (Å²) in [6, 6.07) is 20.8. The van der Waals surface area contributed by atoms with Crippen LogP contribution in [0, 0.1) is 6.92 Å². The first-order chi connectivity index (χ1) is 13.6. The third kappa shape index (κ3) is 3.88. The Kier molecular flexibility index (Phi) is 5.32. The molecule has 2 aromatic carbocycles. The van der Waals surface area contributed by atoms with E-state index in [1.54, 1.807) is 6.07 Å². The molecule has 7 heteroatoms. The zero-order chi connectivity index (χ0) is 19.5. The number of pyridine rings is 1. The van der Waals surface area contributed by atoms with Crippen molar-refractivity contribution in [2.24, 2.45) is 0 Å². The van der Waals surface area contributed by atoms with Crippen LogP contribution in [0.25, 0.3) is 5.65 Å². The Bertz CT molecular complexity index is 1130. The maximum absolute atomic E-state index is 13.1. The number of aryl methyl sites for hydroxylation is 1. The Morgan fingerprint density at radius 3 is 2.64 bits per heavy atom. The van der Waals surface area contributed by atoms with Crippen LogP contribution in [-0.4, -0.2) is 20.5 Å². The number of hydrogen-bond acceptors (Lipinski definition) is 4. The van der Waals surface area contributed by atoms with Gasteiger partial charge in [-0.15, -0.1) is 10.2 Å². The minimum Gasteiger partial charge on any atom is -0.325 e. The predicted molar refractivity (Wildman–Crippen MR) is 113 cm³/mol. The fraction of sp³-hybridized carbons (Fsp3) is 0.0952. The van der Waals surface area contributed by atoms with Gasteiger partial charge in [-0.25, -0.2) is 0 Å². The second-order valence-electron chi connectivity index (χ2n) is 6.27. The van der Waals surface area contributed by atoms with Crippen molar-refractivity contribution in [1.29, 1.82) is 0 Å². The number of thioether (sulfide) groups is 1. The van der Waals surface area contributed by atoms with Gasteiger partial charge < -0.3 is 5.32 Å². The number of anilines is 1. The van der Waals surface area contributed by atoms with Crippen molar-refractivity contribution in [1.82, 2.24) is 14.6 Å². The number of amides is 1. The first-order valence-corrected chi connectivity index (χ1v) is 9.96. The van der Waals surface area contributed by atoms with Crippen molar-refractivity contribution >= 4 is 40.6 Å². The van der Waals surface area contributed by atoms with E-state index in [9.17, 15) is 4.79 Å². The molecule has 0 saturated carbocycles. The van der Waals surface area contributed by atoms with Gasteiger partial charge in [0.25, 0.3) is 0 Å². The van der Waals surface area contributed by atoms with Crippen LogP contribution in [0.1, 0.15) is 16.4 Å². The van der Waals surface area contributed by atoms with Crippen LogP contribution < -0.4 is 5.32 Å². The zero-order valence-corrected chi connectivity index (χ0v) is 16.6. The van der Waals surface area contributed by atoms with E-state index in [0.29, 0.717) is 15.9 Å². The molecule has 1 amide bonds. The minimum atomic E-state index is -0.492. The molecular formula is C21H17ClN4OS. The average molecular weight is 409 g/mol. The lowest BCUT2D eigenvalue weighted by Crippen LogP contribution is -2.19. The highest BCUT2D eigenvalue weighted by atomic mass is 35.5. The van der Waals surface area contributed by atoms with Gasteiger partial charge in [0.2, 0.25) is 5.91 Å². The van der Waals surface area contributed by atoms with Crippen LogP contribution in [0.5, 0.6) is 0 Å². The minimum absolute atomic E-state index is 0.149. The van der Waals surface area contributed by atoms with E-state index in [0.717, 1.165) is 16.8 Å². The van der Waals surface area contributed by atoms with Crippen LogP contribution in [-0.2, 0) is 4.79 Å². The topological polar surface area (TPSA) is 59.3 Å². The first kappa shape index (κ1) is 18.5. The molecule has 2 aromatic heterocycles. The van der Waals surface area contributed by atoms with Crippen molar-refractivity contribution in [2.75, 3.05) is 5.32 Å². The average Bonchev–Trinajstić information content (AvgIpc) is 3.12. The van der Waals surface area contributed by atoms with Gasteiger partial charge >= 0.3 is 0 Å². The van der Waals surface area contributed by atoms with Crippen LogP contribution in [0.3, 0.4) is 0 Å². The molecule has 0 aliphatic rings. The van der Waals surface area contributed by atoms with E-state index in [2.05, 4.69) is 15.5 Å². The highest BCUT2D eigenvalue weighted by molar-refractivity contribution is 8.00. The summed E-state index contributed by atoms with van der Waals surface area (Å²) in [5, 5.41) is 12.2. The molecule has 1 N–H and O–H groups in total. The van der Waals surface area contributed by atoms with Gasteiger partial charge in [-0.1, -0.05) is 65.8 Å². The Morgan fingerprint density at radius 2 is 1.86 bits per heavy atom. The number of aromatic nitrogens is 3. The third-order valence-corrected chi connectivity index (χ3v) is 5.90. The van der Waals surface area contributed by atoms with Crippen LogP contribution in [0.15, 0.2) is 78.1 Å². The summed E-state index contributed by atoms with van der Waals surface area (Å²) >= 11 is 7.55. The molecule has 0 radical (unpaired) electrons. The highest BCUT2D eigenvalue weighted by Gasteiger charge is 2.24. The number of rotatable bonds is 5. The molecule has 0 fully saturated rings. The second kappa shape index (κ2) is 8.04. The Hall–Kier alpha value is -2.83.